The molecule has 0 unspecified atom stereocenters. The topological polar surface area (TPSA) is 51.2 Å². The van der Waals surface area contributed by atoms with Gasteiger partial charge in [-0.25, -0.2) is 0 Å². The average Bonchev–Trinajstić information content (AvgIpc) is 2.63. The second kappa shape index (κ2) is 4.26. The fourth-order valence-corrected chi connectivity index (χ4v) is 1.55. The number of hydrogen-bond acceptors (Lipinski definition) is 3. The van der Waals surface area contributed by atoms with Crippen LogP contribution in [-0.4, -0.2) is 13.2 Å². The predicted molar refractivity (Wildman–Crippen MR) is 57.0 cm³/mol. The molecule has 2 aromatic rings. The predicted octanol–water partition coefficient (Wildman–Crippen LogP) is 1.48. The molecule has 3 nitrogen and oxygen atoms in total. The second-order valence-electron chi connectivity index (χ2n) is 3.21. The Balaban J connectivity index is 2.17. The van der Waals surface area contributed by atoms with Gasteiger partial charge in [-0.1, -0.05) is 18.2 Å². The lowest BCUT2D eigenvalue weighted by molar-refractivity contribution is 0.607. The van der Waals surface area contributed by atoms with Gasteiger partial charge in [-0.05, 0) is 18.1 Å². The van der Waals surface area contributed by atoms with Crippen LogP contribution in [0.25, 0.3) is 11.0 Å². The minimum Gasteiger partial charge on any atom is -0.464 e. The quantitative estimate of drug-likeness (QED) is 0.567. The molecule has 1 heterocycles. The molecule has 0 bridgehead atoms. The molecule has 74 valence electrons. The van der Waals surface area contributed by atoms with E-state index >= 15 is 0 Å². The van der Waals surface area contributed by atoms with Crippen molar-refractivity contribution in [1.29, 1.82) is 0 Å². The molecule has 0 aliphatic heterocycles. The lowest BCUT2D eigenvalue weighted by Crippen LogP contribution is -2.24. The first-order valence-corrected chi connectivity index (χ1v) is 4.77. The van der Waals surface area contributed by atoms with E-state index in [9.17, 15) is 0 Å². The zero-order chi connectivity index (χ0) is 9.80. The summed E-state index contributed by atoms with van der Waals surface area (Å²) in [5.41, 5.74) is 7.54. The van der Waals surface area contributed by atoms with Gasteiger partial charge in [0.15, 0.2) is 0 Å². The summed E-state index contributed by atoms with van der Waals surface area (Å²) in [4.78, 5) is 0. The normalized spacial score (nSPS) is 10.9. The smallest absolute Gasteiger partial charge is 0.134 e. The van der Waals surface area contributed by atoms with Crippen molar-refractivity contribution < 1.29 is 4.42 Å². The molecule has 0 saturated heterocycles. The minimum absolute atomic E-state index is 0.524. The number of nitrogens with one attached hydrogen (secondary N) is 1. The van der Waals surface area contributed by atoms with Crippen LogP contribution >= 0.6 is 0 Å². The molecule has 0 aliphatic rings. The lowest BCUT2D eigenvalue weighted by Gasteiger charge is -1.98. The third-order valence-corrected chi connectivity index (χ3v) is 2.28. The Morgan fingerprint density at radius 1 is 1.29 bits per heavy atom. The average molecular weight is 190 g/mol. The van der Waals surface area contributed by atoms with E-state index in [4.69, 9.17) is 10.2 Å². The van der Waals surface area contributed by atoms with Crippen molar-refractivity contribution >= 4 is 11.0 Å². The number of furan rings is 1. The van der Waals surface area contributed by atoms with Crippen LogP contribution in [0.3, 0.4) is 0 Å². The van der Waals surface area contributed by atoms with Crippen molar-refractivity contribution in [2.75, 3.05) is 13.2 Å². The first-order chi connectivity index (χ1) is 6.92. The highest BCUT2D eigenvalue weighted by molar-refractivity contribution is 5.80. The van der Waals surface area contributed by atoms with Gasteiger partial charge in [0, 0.05) is 18.6 Å². The fourth-order valence-electron chi connectivity index (χ4n) is 1.55. The van der Waals surface area contributed by atoms with E-state index in [1.54, 1.807) is 0 Å². The molecule has 0 aliphatic carbocycles. The highest BCUT2D eigenvalue weighted by Gasteiger charge is 2.03. The molecular formula is C11H14N2O. The summed E-state index contributed by atoms with van der Waals surface area (Å²) in [7, 11) is 0. The molecule has 0 spiro atoms. The molecule has 1 aromatic carbocycles. The third kappa shape index (κ3) is 1.78. The maximum atomic E-state index is 5.42. The summed E-state index contributed by atoms with van der Waals surface area (Å²) in [5, 5.41) is 4.29. The first kappa shape index (κ1) is 9.24. The Morgan fingerprint density at radius 3 is 3.00 bits per heavy atom. The van der Waals surface area contributed by atoms with Crippen molar-refractivity contribution in [2.45, 2.75) is 6.42 Å². The van der Waals surface area contributed by atoms with Crippen molar-refractivity contribution in [3.63, 3.8) is 0 Å². The Kier molecular flexibility index (Phi) is 2.81. The van der Waals surface area contributed by atoms with Crippen LogP contribution in [-0.2, 0) is 6.42 Å². The Morgan fingerprint density at radius 2 is 2.14 bits per heavy atom. The second-order valence-corrected chi connectivity index (χ2v) is 3.21. The van der Waals surface area contributed by atoms with Gasteiger partial charge in [-0.15, -0.1) is 0 Å². The molecule has 3 heteroatoms. The van der Waals surface area contributed by atoms with E-state index in [1.807, 2.05) is 24.5 Å². The van der Waals surface area contributed by atoms with Gasteiger partial charge in [0.25, 0.3) is 0 Å². The van der Waals surface area contributed by atoms with Gasteiger partial charge in [0.1, 0.15) is 5.58 Å². The minimum atomic E-state index is 0.524. The highest BCUT2D eigenvalue weighted by Crippen LogP contribution is 2.20. The van der Waals surface area contributed by atoms with Gasteiger partial charge in [-0.2, -0.15) is 0 Å². The van der Waals surface area contributed by atoms with Crippen molar-refractivity contribution in [3.05, 3.63) is 36.1 Å². The van der Waals surface area contributed by atoms with Gasteiger partial charge < -0.3 is 15.5 Å². The monoisotopic (exact) mass is 190 g/mol. The van der Waals surface area contributed by atoms with Crippen LogP contribution < -0.4 is 11.1 Å². The van der Waals surface area contributed by atoms with E-state index in [-0.39, 0.29) is 0 Å². The van der Waals surface area contributed by atoms with Crippen LogP contribution in [0.4, 0.5) is 0 Å². The summed E-state index contributed by atoms with van der Waals surface area (Å²) < 4.78 is 5.42. The standard InChI is InChI=1S/C11H14N2O/c12-8-13-6-5-9-7-14-11-4-2-1-3-10(9)11/h1-4,7,13H,5-6,8,12H2. The zero-order valence-corrected chi connectivity index (χ0v) is 7.99. The Hall–Kier alpha value is -1.32. The van der Waals surface area contributed by atoms with E-state index in [2.05, 4.69) is 11.4 Å². The van der Waals surface area contributed by atoms with Crippen LogP contribution in [0.2, 0.25) is 0 Å². The Bertz CT molecular complexity index is 408. The van der Waals surface area contributed by atoms with Crippen LogP contribution in [0.15, 0.2) is 34.9 Å². The van der Waals surface area contributed by atoms with E-state index in [1.165, 1.54) is 10.9 Å². The maximum absolute atomic E-state index is 5.42. The van der Waals surface area contributed by atoms with Crippen molar-refractivity contribution in [2.24, 2.45) is 5.73 Å². The largest absolute Gasteiger partial charge is 0.464 e. The van der Waals surface area contributed by atoms with E-state index < -0.39 is 0 Å². The summed E-state index contributed by atoms with van der Waals surface area (Å²) in [6.07, 6.45) is 2.77. The SMILES string of the molecule is NCNCCc1coc2ccccc12. The van der Waals surface area contributed by atoms with Crippen LogP contribution in [0, 0.1) is 0 Å². The summed E-state index contributed by atoms with van der Waals surface area (Å²) in [6, 6.07) is 8.07. The molecule has 0 atom stereocenters. The Labute approximate surface area is 82.9 Å². The third-order valence-electron chi connectivity index (χ3n) is 2.28. The molecule has 1 aromatic heterocycles. The number of fused-ring (bicyclic) bond motifs is 1. The highest BCUT2D eigenvalue weighted by atomic mass is 16.3. The number of hydrogen-bond donors (Lipinski definition) is 2. The van der Waals surface area contributed by atoms with Gasteiger partial charge in [-0.3, -0.25) is 0 Å². The molecule has 2 rings (SSSR count). The number of para-hydroxylation sites is 1. The van der Waals surface area contributed by atoms with Crippen LogP contribution in [0.5, 0.6) is 0 Å². The molecule has 0 saturated carbocycles. The van der Waals surface area contributed by atoms with Gasteiger partial charge in [0.05, 0.1) is 6.26 Å². The molecule has 3 N–H and O–H groups in total. The number of nitrogens with two attached hydrogens (primary N) is 1. The molecule has 0 amide bonds. The van der Waals surface area contributed by atoms with Crippen LogP contribution in [0.1, 0.15) is 5.56 Å². The zero-order valence-electron chi connectivity index (χ0n) is 7.99. The summed E-state index contributed by atoms with van der Waals surface area (Å²) in [5.74, 6) is 0. The maximum Gasteiger partial charge on any atom is 0.134 e. The summed E-state index contributed by atoms with van der Waals surface area (Å²) >= 11 is 0. The molecule has 14 heavy (non-hydrogen) atoms. The van der Waals surface area contributed by atoms with Crippen molar-refractivity contribution in [1.82, 2.24) is 5.32 Å². The molecule has 0 radical (unpaired) electrons. The molecule has 0 fully saturated rings. The first-order valence-electron chi connectivity index (χ1n) is 4.77. The number of rotatable bonds is 4. The van der Waals surface area contributed by atoms with Crippen molar-refractivity contribution in [3.8, 4) is 0 Å². The summed E-state index contributed by atoms with van der Waals surface area (Å²) in [6.45, 7) is 1.41. The van der Waals surface area contributed by atoms with E-state index in [0.29, 0.717) is 6.67 Å². The van der Waals surface area contributed by atoms with E-state index in [0.717, 1.165) is 18.5 Å². The number of benzene rings is 1. The lowest BCUT2D eigenvalue weighted by atomic mass is 10.1. The molecular weight excluding hydrogens is 176 g/mol. The van der Waals surface area contributed by atoms with Gasteiger partial charge in [0.2, 0.25) is 0 Å². The van der Waals surface area contributed by atoms with Gasteiger partial charge >= 0.3 is 0 Å². The fraction of sp³-hybridized carbons (Fsp3) is 0.273.